The van der Waals surface area contributed by atoms with Gasteiger partial charge in [0.1, 0.15) is 11.5 Å². The van der Waals surface area contributed by atoms with Crippen LogP contribution in [0.25, 0.3) is 0 Å². The Morgan fingerprint density at radius 3 is 2.55 bits per heavy atom. The quantitative estimate of drug-likeness (QED) is 0.303. The number of aromatic hydroxyl groups is 1. The first-order valence-electron chi connectivity index (χ1n) is 13.8. The van der Waals surface area contributed by atoms with Crippen LogP contribution >= 0.6 is 12.2 Å². The maximum Gasteiger partial charge on any atom is 0.319 e. The lowest BCUT2D eigenvalue weighted by Gasteiger charge is -2.39. The highest BCUT2D eigenvalue weighted by molar-refractivity contribution is 7.80. The molecule has 2 amide bonds. The Morgan fingerprint density at radius 1 is 1.00 bits per heavy atom. The number of carbonyl (C=O) groups is 1. The third-order valence-corrected chi connectivity index (χ3v) is 8.16. The Bertz CT molecular complexity index is 1320. The van der Waals surface area contributed by atoms with Crippen molar-refractivity contribution in [1.29, 1.82) is 0 Å². The fourth-order valence-electron chi connectivity index (χ4n) is 5.64. The molecule has 3 aromatic carbocycles. The lowest BCUT2D eigenvalue weighted by atomic mass is 9.94. The third kappa shape index (κ3) is 6.84. The summed E-state index contributed by atoms with van der Waals surface area (Å²) < 4.78 is 5.50. The SMILES string of the molecule is COc1cc(O)ccc1CN1CCCC1CNC(=S)N1Cc2ccccc2C[C@H]1CNC(=O)Nc1ccccc1. The van der Waals surface area contributed by atoms with Crippen molar-refractivity contribution in [2.24, 2.45) is 0 Å². The fraction of sp³-hybridized carbons (Fsp3) is 0.355. The van der Waals surface area contributed by atoms with E-state index < -0.39 is 0 Å². The second-order valence-corrected chi connectivity index (χ2v) is 10.8. The number of likely N-dealkylation sites (tertiary alicyclic amines) is 1. The van der Waals surface area contributed by atoms with Crippen molar-refractivity contribution < 1.29 is 14.6 Å². The summed E-state index contributed by atoms with van der Waals surface area (Å²) in [6.45, 7) is 3.68. The molecule has 2 aliphatic rings. The molecule has 2 aliphatic heterocycles. The molecule has 1 fully saturated rings. The van der Waals surface area contributed by atoms with Crippen LogP contribution in [-0.4, -0.2) is 64.9 Å². The number of nitrogens with one attached hydrogen (secondary N) is 3. The first kappa shape index (κ1) is 27.7. The molecule has 0 saturated carbocycles. The first-order valence-corrected chi connectivity index (χ1v) is 14.2. The van der Waals surface area contributed by atoms with Gasteiger partial charge in [-0.15, -0.1) is 0 Å². The van der Waals surface area contributed by atoms with Gasteiger partial charge in [-0.05, 0) is 67.4 Å². The predicted octanol–water partition coefficient (Wildman–Crippen LogP) is 4.49. The fourth-order valence-corrected chi connectivity index (χ4v) is 5.94. The molecule has 2 atom stereocenters. The van der Waals surface area contributed by atoms with Crippen LogP contribution < -0.4 is 20.7 Å². The number of para-hydroxylation sites is 1. The number of methoxy groups -OCH3 is 1. The van der Waals surface area contributed by atoms with Crippen molar-refractivity contribution in [2.75, 3.05) is 32.1 Å². The minimum absolute atomic E-state index is 0.0392. The van der Waals surface area contributed by atoms with Gasteiger partial charge in [-0.1, -0.05) is 48.5 Å². The van der Waals surface area contributed by atoms with Gasteiger partial charge in [-0.2, -0.15) is 0 Å². The second kappa shape index (κ2) is 13.0. The summed E-state index contributed by atoms with van der Waals surface area (Å²) in [7, 11) is 1.63. The van der Waals surface area contributed by atoms with E-state index >= 15 is 0 Å². The lowest BCUT2D eigenvalue weighted by Crippen LogP contribution is -2.54. The maximum atomic E-state index is 12.6. The molecule has 1 saturated heterocycles. The van der Waals surface area contributed by atoms with E-state index in [4.69, 9.17) is 17.0 Å². The molecule has 0 radical (unpaired) electrons. The number of hydrogen-bond donors (Lipinski definition) is 4. The number of fused-ring (bicyclic) bond motifs is 1. The van der Waals surface area contributed by atoms with E-state index in [1.54, 1.807) is 19.2 Å². The van der Waals surface area contributed by atoms with Crippen molar-refractivity contribution in [3.05, 3.63) is 89.5 Å². The number of urea groups is 1. The molecule has 0 bridgehead atoms. The molecule has 2 heterocycles. The van der Waals surface area contributed by atoms with E-state index in [1.807, 2.05) is 36.4 Å². The van der Waals surface area contributed by atoms with Gasteiger partial charge >= 0.3 is 6.03 Å². The average molecular weight is 560 g/mol. The van der Waals surface area contributed by atoms with E-state index in [1.165, 1.54) is 11.1 Å². The highest BCUT2D eigenvalue weighted by Gasteiger charge is 2.30. The maximum absolute atomic E-state index is 12.6. The Hall–Kier alpha value is -3.82. The lowest BCUT2D eigenvalue weighted by molar-refractivity contribution is 0.231. The summed E-state index contributed by atoms with van der Waals surface area (Å²) in [5.41, 5.74) is 4.37. The first-order chi connectivity index (χ1) is 19.5. The summed E-state index contributed by atoms with van der Waals surface area (Å²) >= 11 is 5.94. The zero-order chi connectivity index (χ0) is 27.9. The smallest absolute Gasteiger partial charge is 0.319 e. The number of ether oxygens (including phenoxy) is 1. The Labute approximate surface area is 241 Å². The number of nitrogens with zero attached hydrogens (tertiary/aromatic N) is 2. The minimum atomic E-state index is -0.227. The number of phenolic OH excluding ortho intramolecular Hbond substituents is 1. The van der Waals surface area contributed by atoms with Gasteiger partial charge in [0, 0.05) is 49.5 Å². The number of hydrogen-bond acceptors (Lipinski definition) is 5. The standard InChI is InChI=1S/C31H37N5O3S/c1-39-29-17-28(37)14-13-24(29)20-35-15-7-12-26(35)18-33-31(40)36-21-23-9-6-5-8-22(23)16-27(36)19-32-30(38)34-25-10-3-2-4-11-25/h2-6,8-11,13-14,17,26-27,37H,7,12,15-16,18-21H2,1H3,(H,33,40)(H2,32,34,38)/t26?,27-/m0/s1. The van der Waals surface area contributed by atoms with Crippen LogP contribution in [0.2, 0.25) is 0 Å². The average Bonchev–Trinajstić information content (AvgIpc) is 3.42. The van der Waals surface area contributed by atoms with E-state index in [0.717, 1.165) is 50.1 Å². The topological polar surface area (TPSA) is 89.1 Å². The minimum Gasteiger partial charge on any atom is -0.508 e. The van der Waals surface area contributed by atoms with E-state index in [9.17, 15) is 9.90 Å². The molecule has 3 aromatic rings. The van der Waals surface area contributed by atoms with E-state index in [0.29, 0.717) is 30.0 Å². The molecular weight excluding hydrogens is 522 g/mol. The van der Waals surface area contributed by atoms with Crippen LogP contribution in [0, 0.1) is 0 Å². The van der Waals surface area contributed by atoms with Crippen LogP contribution in [0.3, 0.4) is 0 Å². The molecule has 9 heteroatoms. The normalized spacial score (nSPS) is 18.6. The van der Waals surface area contributed by atoms with Crippen LogP contribution in [0.15, 0.2) is 72.8 Å². The van der Waals surface area contributed by atoms with Crippen molar-refractivity contribution >= 4 is 29.0 Å². The zero-order valence-electron chi connectivity index (χ0n) is 22.8. The molecule has 0 aliphatic carbocycles. The molecule has 5 rings (SSSR count). The summed E-state index contributed by atoms with van der Waals surface area (Å²) in [6.07, 6.45) is 3.02. The monoisotopic (exact) mass is 559 g/mol. The number of rotatable bonds is 8. The highest BCUT2D eigenvalue weighted by Crippen LogP contribution is 2.28. The number of anilines is 1. The van der Waals surface area contributed by atoms with Crippen LogP contribution in [-0.2, 0) is 19.5 Å². The zero-order valence-corrected chi connectivity index (χ0v) is 23.6. The van der Waals surface area contributed by atoms with Crippen molar-refractivity contribution in [2.45, 2.75) is 44.4 Å². The predicted molar refractivity (Wildman–Crippen MR) is 162 cm³/mol. The van der Waals surface area contributed by atoms with Crippen molar-refractivity contribution in [1.82, 2.24) is 20.4 Å². The van der Waals surface area contributed by atoms with Gasteiger partial charge in [0.05, 0.1) is 13.2 Å². The summed E-state index contributed by atoms with van der Waals surface area (Å²) in [4.78, 5) is 17.3. The van der Waals surface area contributed by atoms with Gasteiger partial charge in [0.25, 0.3) is 0 Å². The second-order valence-electron chi connectivity index (χ2n) is 10.4. The van der Waals surface area contributed by atoms with Gasteiger partial charge in [-0.25, -0.2) is 4.79 Å². The van der Waals surface area contributed by atoms with E-state index in [-0.39, 0.29) is 17.8 Å². The Morgan fingerprint density at radius 2 is 1.75 bits per heavy atom. The molecule has 210 valence electrons. The van der Waals surface area contributed by atoms with Crippen molar-refractivity contribution in [3.8, 4) is 11.5 Å². The molecule has 4 N–H and O–H groups in total. The van der Waals surface area contributed by atoms with Gasteiger partial charge in [0.2, 0.25) is 0 Å². The summed E-state index contributed by atoms with van der Waals surface area (Å²) in [5, 5.41) is 20.0. The van der Waals surface area contributed by atoms with Gasteiger partial charge in [0.15, 0.2) is 5.11 Å². The Balaban J connectivity index is 1.21. The molecule has 0 spiro atoms. The Kier molecular flexibility index (Phi) is 9.03. The summed E-state index contributed by atoms with van der Waals surface area (Å²) in [6, 6.07) is 23.3. The molecule has 0 aromatic heterocycles. The van der Waals surface area contributed by atoms with Gasteiger partial charge < -0.3 is 30.7 Å². The largest absolute Gasteiger partial charge is 0.508 e. The molecule has 8 nitrogen and oxygen atoms in total. The van der Waals surface area contributed by atoms with Crippen molar-refractivity contribution in [3.63, 3.8) is 0 Å². The highest BCUT2D eigenvalue weighted by atomic mass is 32.1. The molecule has 1 unspecified atom stereocenters. The van der Waals surface area contributed by atoms with Crippen LogP contribution in [0.4, 0.5) is 10.5 Å². The van der Waals surface area contributed by atoms with Gasteiger partial charge in [-0.3, -0.25) is 4.90 Å². The molecule has 40 heavy (non-hydrogen) atoms. The number of amides is 2. The third-order valence-electron chi connectivity index (χ3n) is 7.78. The number of carbonyl (C=O) groups excluding carboxylic acids is 1. The van der Waals surface area contributed by atoms with E-state index in [2.05, 4.69) is 50.0 Å². The van der Waals surface area contributed by atoms with Crippen LogP contribution in [0.1, 0.15) is 29.5 Å². The number of benzene rings is 3. The summed E-state index contributed by atoms with van der Waals surface area (Å²) in [5.74, 6) is 0.906. The molecular formula is C31H37N5O3S. The number of thiocarbonyl (C=S) groups is 1. The number of phenols is 1. The van der Waals surface area contributed by atoms with Crippen LogP contribution in [0.5, 0.6) is 11.5 Å².